The molecule has 32 nitrogen and oxygen atoms in total. The lowest BCUT2D eigenvalue weighted by molar-refractivity contribution is -0.251. The van der Waals surface area contributed by atoms with Gasteiger partial charge in [-0.05, 0) is 405 Å². The number of rotatable bonds is 19. The highest BCUT2D eigenvalue weighted by molar-refractivity contribution is 5.54. The summed E-state index contributed by atoms with van der Waals surface area (Å²) in [5, 5.41) is 141. The highest BCUT2D eigenvalue weighted by atomic mass is 16.5. The fraction of sp³-hybridized carbons (Fsp3) is 0.939. The van der Waals surface area contributed by atoms with Gasteiger partial charge in [-0.3, -0.25) is 0 Å². The van der Waals surface area contributed by atoms with Crippen molar-refractivity contribution in [1.82, 2.24) is 80.5 Å². The third-order valence-corrected chi connectivity index (χ3v) is 33.4. The fourth-order valence-corrected chi connectivity index (χ4v) is 29.2. The quantitative estimate of drug-likeness (QED) is 0.0625. The highest BCUT2D eigenvalue weighted by Crippen LogP contribution is 2.55. The summed E-state index contributed by atoms with van der Waals surface area (Å²) in [6.07, 6.45) is 10.0. The van der Waals surface area contributed by atoms with E-state index in [0.717, 1.165) is 0 Å². The summed E-state index contributed by atoms with van der Waals surface area (Å²) in [6.45, 7) is 84.8. The van der Waals surface area contributed by atoms with E-state index in [1.807, 2.05) is 0 Å². The van der Waals surface area contributed by atoms with Crippen molar-refractivity contribution in [2.45, 2.75) is 577 Å². The van der Waals surface area contributed by atoms with Crippen molar-refractivity contribution in [3.63, 3.8) is 0 Å². The van der Waals surface area contributed by atoms with Gasteiger partial charge in [0.25, 0.3) is 0 Å². The largest absolute Gasteiger partial charge is 0.336 e. The fourth-order valence-electron chi connectivity index (χ4n) is 29.2. The normalized spacial score (nSPS) is 30.1. The van der Waals surface area contributed by atoms with Crippen LogP contribution in [0.15, 0.2) is 0 Å². The van der Waals surface area contributed by atoms with Gasteiger partial charge in [-0.2, -0.15) is 80.5 Å². The third kappa shape index (κ3) is 19.7. The van der Waals surface area contributed by atoms with E-state index in [9.17, 15) is 52.1 Å². The van der Waals surface area contributed by atoms with E-state index >= 15 is 0 Å². The van der Waals surface area contributed by atoms with E-state index in [2.05, 4.69) is 306 Å². The minimum atomic E-state index is -0.834. The Bertz CT molecular complexity index is 3540. The standard InChI is InChI=1S/C98H184N22O10/c1-79(2)43-63(44-80(3,4)111(79)121)105(73-99-75(107(65-47-83(9,10)113(123)84(11,12)48-65)66-49-85(13,14)114(124)86(15,16)50-66)103-76(100-73)108(67-51-87(17,18)115(125)88(19,20)52-67)68-53-89(21,22)116(126)90(23,24)54-68)41-42-106(64-45-81(5,6)112(122)82(7,8)46-64)74-101-77(109(69-55-91(25,26)117(127)92(27,28)56-69)70-57-93(29,30)118(128)94(31,32)58-70)104-78(102-74)110(71-59-95(33,34)119(129)96(35,36)60-71)72-61-97(37,38)120(130)98(39,40)62-72/h63-72,121-130H,41-62H2,1-40H3. The summed E-state index contributed by atoms with van der Waals surface area (Å²) in [4.78, 5) is 51.9. The number of anilines is 6. The van der Waals surface area contributed by atoms with Crippen LogP contribution in [0.5, 0.6) is 0 Å². The predicted octanol–water partition coefficient (Wildman–Crippen LogP) is 17.7. The maximum Gasteiger partial charge on any atom is 0.232 e. The first kappa shape index (κ1) is 105. The maximum atomic E-state index is 12.8. The predicted molar refractivity (Wildman–Crippen MR) is 512 cm³/mol. The van der Waals surface area contributed by atoms with Crippen molar-refractivity contribution in [3.05, 3.63) is 0 Å². The van der Waals surface area contributed by atoms with E-state index in [0.29, 0.717) is 164 Å². The first-order valence-electron chi connectivity index (χ1n) is 49.4. The molecule has 0 spiro atoms. The first-order chi connectivity index (χ1) is 58.3. The molecular weight excluding hydrogens is 1650 g/mol. The molecule has 0 saturated carbocycles. The Hall–Kier alpha value is -3.98. The molecule has 10 aliphatic heterocycles. The average molecular weight is 1830 g/mol. The van der Waals surface area contributed by atoms with Gasteiger partial charge in [0.2, 0.25) is 35.7 Å². The Morgan fingerprint density at radius 3 is 0.346 bits per heavy atom. The van der Waals surface area contributed by atoms with E-state index in [4.69, 9.17) is 29.9 Å². The molecule has 130 heavy (non-hydrogen) atoms. The Balaban J connectivity index is 1.21. The number of hydrogen-bond donors (Lipinski definition) is 10. The molecule has 0 amide bonds. The average Bonchev–Trinajstić information content (AvgIpc) is 0.668. The monoisotopic (exact) mass is 1830 g/mol. The highest BCUT2D eigenvalue weighted by Gasteiger charge is 2.61. The molecule has 2 aromatic heterocycles. The van der Waals surface area contributed by atoms with Gasteiger partial charge in [-0.15, -0.1) is 0 Å². The molecule has 0 atom stereocenters. The van der Waals surface area contributed by atoms with Crippen molar-refractivity contribution in [2.75, 3.05) is 42.5 Å². The molecule has 32 heteroatoms. The molecule has 10 aliphatic rings. The second kappa shape index (κ2) is 33.4. The molecule has 0 radical (unpaired) electrons. The van der Waals surface area contributed by atoms with Gasteiger partial charge in [-0.1, -0.05) is 0 Å². The second-order valence-electron chi connectivity index (χ2n) is 55.5. The Kier molecular flexibility index (Phi) is 26.9. The Morgan fingerprint density at radius 2 is 0.246 bits per heavy atom. The summed E-state index contributed by atoms with van der Waals surface area (Å²) in [7, 11) is 0. The van der Waals surface area contributed by atoms with Crippen LogP contribution in [0.4, 0.5) is 35.7 Å². The summed E-state index contributed by atoms with van der Waals surface area (Å²) in [5.74, 6) is 2.62. The minimum absolute atomic E-state index is 0.232. The van der Waals surface area contributed by atoms with Gasteiger partial charge in [0.1, 0.15) is 0 Å². The van der Waals surface area contributed by atoms with Crippen molar-refractivity contribution >= 4 is 35.7 Å². The summed E-state index contributed by atoms with van der Waals surface area (Å²) < 4.78 is 0. The van der Waals surface area contributed by atoms with Gasteiger partial charge in [0.05, 0.1) is 0 Å². The molecule has 12 heterocycles. The molecule has 0 bridgehead atoms. The molecule has 746 valence electrons. The molecule has 10 N–H and O–H groups in total. The van der Waals surface area contributed by atoms with E-state index in [1.54, 1.807) is 0 Å². The van der Waals surface area contributed by atoms with Crippen molar-refractivity contribution in [1.29, 1.82) is 0 Å². The van der Waals surface area contributed by atoms with Crippen LogP contribution in [-0.2, 0) is 0 Å². The third-order valence-electron chi connectivity index (χ3n) is 33.4. The lowest BCUT2D eigenvalue weighted by Gasteiger charge is -2.59. The van der Waals surface area contributed by atoms with Gasteiger partial charge in [0.15, 0.2) is 0 Å². The summed E-state index contributed by atoms with van der Waals surface area (Å²) in [6, 6.07) is -3.17. The molecule has 0 unspecified atom stereocenters. The van der Waals surface area contributed by atoms with Crippen LogP contribution in [-0.4, -0.2) is 317 Å². The second-order valence-corrected chi connectivity index (χ2v) is 55.5. The molecule has 10 saturated heterocycles. The lowest BCUT2D eigenvalue weighted by Crippen LogP contribution is -2.68. The molecule has 2 aromatic rings. The van der Waals surface area contributed by atoms with E-state index in [1.165, 1.54) is 50.6 Å². The van der Waals surface area contributed by atoms with Gasteiger partial charge in [0, 0.05) is 184 Å². The van der Waals surface area contributed by atoms with Crippen LogP contribution >= 0.6 is 0 Å². The maximum absolute atomic E-state index is 12.8. The lowest BCUT2D eigenvalue weighted by atomic mass is 9.74. The molecular formula is C98H184N22O10. The smallest absolute Gasteiger partial charge is 0.232 e. The zero-order valence-corrected chi connectivity index (χ0v) is 88.6. The minimum Gasteiger partial charge on any atom is -0.336 e. The molecule has 12 rings (SSSR count). The Labute approximate surface area is 783 Å². The van der Waals surface area contributed by atoms with Crippen LogP contribution in [0, 0.1) is 0 Å². The zero-order valence-electron chi connectivity index (χ0n) is 88.6. The molecule has 0 aliphatic carbocycles. The van der Waals surface area contributed by atoms with Crippen LogP contribution in [0.3, 0.4) is 0 Å². The number of hydroxylamine groups is 20. The topological polar surface area (TPSA) is 331 Å². The van der Waals surface area contributed by atoms with Crippen LogP contribution in [0.1, 0.15) is 405 Å². The first-order valence-corrected chi connectivity index (χ1v) is 49.4. The van der Waals surface area contributed by atoms with Crippen LogP contribution in [0.25, 0.3) is 0 Å². The van der Waals surface area contributed by atoms with Crippen molar-refractivity contribution in [3.8, 4) is 0 Å². The number of piperidine rings is 10. The van der Waals surface area contributed by atoms with Crippen molar-refractivity contribution in [2.24, 2.45) is 0 Å². The molecule has 10 fully saturated rings. The van der Waals surface area contributed by atoms with Gasteiger partial charge in [-0.25, -0.2) is 0 Å². The number of aromatic nitrogens is 6. The van der Waals surface area contributed by atoms with E-state index < -0.39 is 123 Å². The number of hydrogen-bond acceptors (Lipinski definition) is 32. The number of nitrogens with zero attached hydrogens (tertiary/aromatic N) is 22. The SMILES string of the molecule is CC1(C)CC(N(CCN(c2nc(N(C3CC(C)(C)N(O)C(C)(C)C3)C3CC(C)(C)N(O)C(C)(C)C3)nc(N(C3CC(C)(C)N(O)C(C)(C)C3)C3CC(C)(C)N(O)C(C)(C)C3)n2)C2CC(C)(C)N(O)C(C)(C)C2)c2nc(N(C3CC(C)(C)N(O)C(C)(C)C3)C3CC(C)(C)N(O)C(C)(C)C3)nc(N(C3CC(C)(C)N(O)C(C)(C)C3)C3CC(C)(C)N(O)C(C)(C)C3)n2)CC(C)(C)N1O. The Morgan fingerprint density at radius 1 is 0.162 bits per heavy atom. The van der Waals surface area contributed by atoms with Crippen molar-refractivity contribution < 1.29 is 52.1 Å². The van der Waals surface area contributed by atoms with Crippen LogP contribution < -0.4 is 29.4 Å². The van der Waals surface area contributed by atoms with Gasteiger partial charge < -0.3 is 81.5 Å². The summed E-state index contributed by atoms with van der Waals surface area (Å²) in [5.41, 5.74) is -15.4. The summed E-state index contributed by atoms with van der Waals surface area (Å²) >= 11 is 0. The molecule has 0 aromatic carbocycles. The zero-order chi connectivity index (χ0) is 98.3. The van der Waals surface area contributed by atoms with Gasteiger partial charge >= 0.3 is 0 Å². The van der Waals surface area contributed by atoms with E-state index in [-0.39, 0.29) is 61.4 Å². The van der Waals surface area contributed by atoms with Crippen LogP contribution in [0.2, 0.25) is 0 Å².